The first-order valence-electron chi connectivity index (χ1n) is 11.0. The van der Waals surface area contributed by atoms with E-state index in [2.05, 4.69) is 62.8 Å². The molecule has 4 heterocycles. The Morgan fingerprint density at radius 3 is 2.58 bits per heavy atom. The molecule has 0 aliphatic carbocycles. The molecule has 0 saturated carbocycles. The average molecular weight is 467 g/mol. The Bertz CT molecular complexity index is 1170. The van der Waals surface area contributed by atoms with Crippen LogP contribution in [0.15, 0.2) is 30.6 Å². The van der Waals surface area contributed by atoms with Crippen molar-refractivity contribution < 1.29 is 4.79 Å². The minimum absolute atomic E-state index is 0.0971. The highest BCUT2D eigenvalue weighted by Gasteiger charge is 2.25. The smallest absolute Gasteiger partial charge is 0.268 e. The Morgan fingerprint density at radius 1 is 1.18 bits per heavy atom. The Morgan fingerprint density at radius 2 is 1.91 bits per heavy atom. The fourth-order valence-corrected chi connectivity index (χ4v) is 4.39. The number of likely N-dealkylation sites (N-methyl/N-ethyl adjacent to an activating group) is 1. The zero-order chi connectivity index (χ0) is 23.8. The lowest BCUT2D eigenvalue weighted by Gasteiger charge is -2.26. The van der Waals surface area contributed by atoms with Crippen LogP contribution in [0.3, 0.4) is 0 Å². The first kappa shape index (κ1) is 22.9. The number of hydrogen-bond acceptors (Lipinski definition) is 8. The Balaban J connectivity index is 1.42. The van der Waals surface area contributed by atoms with Gasteiger partial charge in [-0.3, -0.25) is 4.79 Å². The number of thiazole rings is 1. The van der Waals surface area contributed by atoms with Crippen molar-refractivity contribution in [1.29, 1.82) is 0 Å². The predicted octanol–water partition coefficient (Wildman–Crippen LogP) is 3.85. The molecule has 2 N–H and O–H groups in total. The van der Waals surface area contributed by atoms with Crippen LogP contribution in [0, 0.1) is 0 Å². The molecule has 1 unspecified atom stereocenters. The third-order valence-electron chi connectivity index (χ3n) is 5.47. The van der Waals surface area contributed by atoms with Crippen LogP contribution in [0.5, 0.6) is 0 Å². The number of amides is 1. The van der Waals surface area contributed by atoms with E-state index >= 15 is 0 Å². The topological polar surface area (TPSA) is 101 Å². The maximum atomic E-state index is 13.0. The zero-order valence-corrected chi connectivity index (χ0v) is 20.7. The standard InChI is InChI=1S/C23H30N8OS/c1-7-31-13-27-16-12-30(6)18(8-17(16)31)20(32)28-14(2)19-11-26-22(33-19)29-15-9-24-21(25-10-15)23(3,4)5/h8-11,13-14H,7,12H2,1-6H3,(H,26,29)(H,28,32). The van der Waals surface area contributed by atoms with E-state index in [9.17, 15) is 4.79 Å². The van der Waals surface area contributed by atoms with E-state index in [0.717, 1.165) is 39.5 Å². The van der Waals surface area contributed by atoms with Crippen LogP contribution < -0.4 is 10.6 Å². The average Bonchev–Trinajstić information content (AvgIpc) is 3.39. The summed E-state index contributed by atoms with van der Waals surface area (Å²) < 4.78 is 2.05. The first-order valence-corrected chi connectivity index (χ1v) is 11.8. The third kappa shape index (κ3) is 4.90. The van der Waals surface area contributed by atoms with Gasteiger partial charge in [0.1, 0.15) is 11.5 Å². The molecule has 1 atom stereocenters. The molecule has 3 aromatic heterocycles. The van der Waals surface area contributed by atoms with Gasteiger partial charge in [0.25, 0.3) is 5.91 Å². The molecular formula is C23H30N8OS. The summed E-state index contributed by atoms with van der Waals surface area (Å²) in [6, 6.07) is -0.183. The van der Waals surface area contributed by atoms with Gasteiger partial charge in [0.2, 0.25) is 0 Å². The molecular weight excluding hydrogens is 436 g/mol. The number of anilines is 2. The maximum Gasteiger partial charge on any atom is 0.268 e. The molecule has 1 aliphatic rings. The number of hydrogen-bond donors (Lipinski definition) is 2. The second-order valence-corrected chi connectivity index (χ2v) is 10.2. The van der Waals surface area contributed by atoms with Crippen molar-refractivity contribution in [3.63, 3.8) is 0 Å². The summed E-state index contributed by atoms with van der Waals surface area (Å²) in [6.45, 7) is 11.7. The van der Waals surface area contributed by atoms with E-state index in [0.29, 0.717) is 12.2 Å². The summed E-state index contributed by atoms with van der Waals surface area (Å²) in [5, 5.41) is 7.07. The van der Waals surface area contributed by atoms with Crippen LogP contribution in [0.4, 0.5) is 10.8 Å². The zero-order valence-electron chi connectivity index (χ0n) is 19.9. The number of nitrogens with one attached hydrogen (secondary N) is 2. The fraction of sp³-hybridized carbons (Fsp3) is 0.435. The molecule has 0 saturated heterocycles. The van der Waals surface area contributed by atoms with Crippen molar-refractivity contribution in [2.24, 2.45) is 0 Å². The quantitative estimate of drug-likeness (QED) is 0.569. The van der Waals surface area contributed by atoms with Gasteiger partial charge in [0.05, 0.1) is 48.4 Å². The minimum atomic E-state index is -0.183. The van der Waals surface area contributed by atoms with E-state index in [-0.39, 0.29) is 17.4 Å². The van der Waals surface area contributed by atoms with Gasteiger partial charge in [-0.1, -0.05) is 32.1 Å². The van der Waals surface area contributed by atoms with Crippen molar-refractivity contribution in [2.45, 2.75) is 59.2 Å². The molecule has 33 heavy (non-hydrogen) atoms. The molecule has 0 radical (unpaired) electrons. The van der Waals surface area contributed by atoms with Gasteiger partial charge >= 0.3 is 0 Å². The van der Waals surface area contributed by atoms with Gasteiger partial charge in [-0.05, 0) is 19.9 Å². The summed E-state index contributed by atoms with van der Waals surface area (Å²) in [5.41, 5.74) is 3.29. The van der Waals surface area contributed by atoms with Crippen molar-refractivity contribution in [3.8, 4) is 0 Å². The second-order valence-electron chi connectivity index (χ2n) is 9.18. The molecule has 10 heteroatoms. The van der Waals surface area contributed by atoms with Gasteiger partial charge in [-0.25, -0.2) is 19.9 Å². The van der Waals surface area contributed by atoms with Crippen molar-refractivity contribution in [2.75, 3.05) is 12.4 Å². The molecule has 0 fully saturated rings. The summed E-state index contributed by atoms with van der Waals surface area (Å²) in [5.74, 6) is 0.675. The molecule has 174 valence electrons. The van der Waals surface area contributed by atoms with E-state index in [1.807, 2.05) is 31.3 Å². The largest absolute Gasteiger partial charge is 0.364 e. The van der Waals surface area contributed by atoms with E-state index in [1.54, 1.807) is 18.6 Å². The molecule has 4 rings (SSSR count). The lowest BCUT2D eigenvalue weighted by Crippen LogP contribution is -2.35. The molecule has 3 aromatic rings. The van der Waals surface area contributed by atoms with Gasteiger partial charge in [0, 0.05) is 30.1 Å². The third-order valence-corrected chi connectivity index (χ3v) is 6.57. The van der Waals surface area contributed by atoms with Crippen LogP contribution in [0.25, 0.3) is 6.08 Å². The Kier molecular flexibility index (Phi) is 6.20. The van der Waals surface area contributed by atoms with Gasteiger partial charge < -0.3 is 20.1 Å². The van der Waals surface area contributed by atoms with Crippen LogP contribution in [0.1, 0.15) is 62.7 Å². The van der Waals surface area contributed by atoms with Crippen LogP contribution in [-0.2, 0) is 23.3 Å². The monoisotopic (exact) mass is 466 g/mol. The van der Waals surface area contributed by atoms with E-state index in [4.69, 9.17) is 0 Å². The molecule has 0 spiro atoms. The normalized spacial score (nSPS) is 14.5. The predicted molar refractivity (Wildman–Crippen MR) is 130 cm³/mol. The van der Waals surface area contributed by atoms with Gasteiger partial charge in [-0.15, -0.1) is 0 Å². The maximum absolute atomic E-state index is 13.0. The number of aryl methyl sites for hydroxylation is 1. The SMILES string of the molecule is CCn1cnc2c1C=C(C(=O)NC(C)c1cnc(Nc3cnc(C(C)(C)C)nc3)s1)N(C)C2. The number of imidazole rings is 1. The fourth-order valence-electron chi connectivity index (χ4n) is 3.55. The molecule has 0 bridgehead atoms. The molecule has 1 aliphatic heterocycles. The molecule has 1 amide bonds. The van der Waals surface area contributed by atoms with Crippen LogP contribution >= 0.6 is 11.3 Å². The highest BCUT2D eigenvalue weighted by Crippen LogP contribution is 2.28. The van der Waals surface area contributed by atoms with Crippen molar-refractivity contribution in [3.05, 3.63) is 52.7 Å². The number of aromatic nitrogens is 5. The highest BCUT2D eigenvalue weighted by molar-refractivity contribution is 7.15. The number of carbonyl (C=O) groups excluding carboxylic acids is 1. The second kappa shape index (κ2) is 8.93. The van der Waals surface area contributed by atoms with Crippen LogP contribution in [-0.4, -0.2) is 42.4 Å². The Hall–Kier alpha value is -3.27. The number of fused-ring (bicyclic) bond motifs is 1. The van der Waals surface area contributed by atoms with Crippen molar-refractivity contribution in [1.82, 2.24) is 34.7 Å². The van der Waals surface area contributed by atoms with E-state index in [1.165, 1.54) is 11.3 Å². The summed E-state index contributed by atoms with van der Waals surface area (Å²) in [4.78, 5) is 33.7. The summed E-state index contributed by atoms with van der Waals surface area (Å²) >= 11 is 1.49. The summed E-state index contributed by atoms with van der Waals surface area (Å²) in [6.07, 6.45) is 9.05. The van der Waals surface area contributed by atoms with Gasteiger partial charge in [0.15, 0.2) is 5.13 Å². The lowest BCUT2D eigenvalue weighted by atomic mass is 9.96. The number of rotatable bonds is 6. The minimum Gasteiger partial charge on any atom is -0.364 e. The molecule has 0 aromatic carbocycles. The van der Waals surface area contributed by atoms with Crippen molar-refractivity contribution >= 4 is 34.1 Å². The van der Waals surface area contributed by atoms with E-state index < -0.39 is 0 Å². The van der Waals surface area contributed by atoms with Crippen LogP contribution in [0.2, 0.25) is 0 Å². The number of carbonyl (C=O) groups is 1. The van der Waals surface area contributed by atoms with Gasteiger partial charge in [-0.2, -0.15) is 0 Å². The molecule has 9 nitrogen and oxygen atoms in total. The Labute approximate surface area is 198 Å². The lowest BCUT2D eigenvalue weighted by molar-refractivity contribution is -0.119. The highest BCUT2D eigenvalue weighted by atomic mass is 32.1. The summed E-state index contributed by atoms with van der Waals surface area (Å²) in [7, 11) is 1.91. The number of nitrogens with zero attached hydrogens (tertiary/aromatic N) is 6. The first-order chi connectivity index (χ1) is 15.7.